The SMILES string of the molecule is O=C1CSC(=N/N=C\c2cccc(OCc3ccccc3Cl)c2)N1. The zero-order valence-corrected chi connectivity index (χ0v) is 14.2. The Morgan fingerprint density at radius 1 is 1.25 bits per heavy atom. The van der Waals surface area contributed by atoms with E-state index in [2.05, 4.69) is 15.5 Å². The van der Waals surface area contributed by atoms with Crippen molar-refractivity contribution in [1.82, 2.24) is 5.32 Å². The van der Waals surface area contributed by atoms with Crippen molar-refractivity contribution in [1.29, 1.82) is 0 Å². The first-order chi connectivity index (χ1) is 11.7. The fourth-order valence-electron chi connectivity index (χ4n) is 1.99. The molecular formula is C17H14ClN3O2S. The molecule has 1 fully saturated rings. The summed E-state index contributed by atoms with van der Waals surface area (Å²) in [5.74, 6) is 1.05. The van der Waals surface area contributed by atoms with Gasteiger partial charge in [-0.2, -0.15) is 5.10 Å². The molecule has 5 nitrogen and oxygen atoms in total. The minimum Gasteiger partial charge on any atom is -0.489 e. The van der Waals surface area contributed by atoms with Crippen molar-refractivity contribution >= 4 is 40.7 Å². The highest BCUT2D eigenvalue weighted by molar-refractivity contribution is 8.15. The molecule has 1 heterocycles. The number of amidine groups is 1. The predicted molar refractivity (Wildman–Crippen MR) is 97.9 cm³/mol. The molecule has 0 aromatic heterocycles. The Labute approximate surface area is 148 Å². The highest BCUT2D eigenvalue weighted by Crippen LogP contribution is 2.19. The number of carbonyl (C=O) groups is 1. The van der Waals surface area contributed by atoms with E-state index >= 15 is 0 Å². The van der Waals surface area contributed by atoms with E-state index in [1.807, 2.05) is 48.5 Å². The zero-order valence-electron chi connectivity index (χ0n) is 12.6. The zero-order chi connectivity index (χ0) is 16.8. The van der Waals surface area contributed by atoms with Gasteiger partial charge in [-0.15, -0.1) is 5.10 Å². The number of hydrogen-bond donors (Lipinski definition) is 1. The van der Waals surface area contributed by atoms with E-state index in [0.29, 0.717) is 22.6 Å². The molecule has 1 aliphatic heterocycles. The van der Waals surface area contributed by atoms with E-state index in [1.165, 1.54) is 11.8 Å². The van der Waals surface area contributed by atoms with Crippen LogP contribution in [0, 0.1) is 0 Å². The number of carbonyl (C=O) groups excluding carboxylic acids is 1. The number of rotatable bonds is 5. The molecule has 2 aromatic carbocycles. The normalized spacial score (nSPS) is 15.9. The van der Waals surface area contributed by atoms with Crippen LogP contribution in [0.5, 0.6) is 5.75 Å². The number of nitrogens with one attached hydrogen (secondary N) is 1. The van der Waals surface area contributed by atoms with E-state index in [9.17, 15) is 4.79 Å². The summed E-state index contributed by atoms with van der Waals surface area (Å²) in [5.41, 5.74) is 1.78. The summed E-state index contributed by atoms with van der Waals surface area (Å²) in [5, 5.41) is 11.8. The van der Waals surface area contributed by atoms with Gasteiger partial charge in [0, 0.05) is 10.6 Å². The van der Waals surface area contributed by atoms with Crippen LogP contribution in [-0.4, -0.2) is 23.0 Å². The Balaban J connectivity index is 1.62. The molecule has 2 aromatic rings. The number of halogens is 1. The molecule has 0 aliphatic carbocycles. The monoisotopic (exact) mass is 359 g/mol. The van der Waals surface area contributed by atoms with Crippen molar-refractivity contribution in [2.45, 2.75) is 6.61 Å². The highest BCUT2D eigenvalue weighted by Gasteiger charge is 2.15. The molecule has 0 spiro atoms. The van der Waals surface area contributed by atoms with Gasteiger partial charge in [-0.3, -0.25) is 4.79 Å². The quantitative estimate of drug-likeness (QED) is 0.656. The van der Waals surface area contributed by atoms with E-state index < -0.39 is 0 Å². The molecule has 0 unspecified atom stereocenters. The molecule has 0 atom stereocenters. The topological polar surface area (TPSA) is 63.0 Å². The molecule has 1 saturated heterocycles. The van der Waals surface area contributed by atoms with Gasteiger partial charge in [0.15, 0.2) is 5.17 Å². The Morgan fingerprint density at radius 2 is 2.12 bits per heavy atom. The second-order valence-corrected chi connectivity index (χ2v) is 6.31. The second kappa shape index (κ2) is 7.99. The molecule has 7 heteroatoms. The fourth-order valence-corrected chi connectivity index (χ4v) is 2.81. The van der Waals surface area contributed by atoms with E-state index in [1.54, 1.807) is 6.21 Å². The van der Waals surface area contributed by atoms with Crippen LogP contribution < -0.4 is 10.1 Å². The van der Waals surface area contributed by atoms with Crippen LogP contribution in [0.1, 0.15) is 11.1 Å². The van der Waals surface area contributed by atoms with E-state index in [-0.39, 0.29) is 5.91 Å². The first-order valence-corrected chi connectivity index (χ1v) is 8.57. The van der Waals surface area contributed by atoms with Gasteiger partial charge in [0.25, 0.3) is 0 Å². The number of thioether (sulfide) groups is 1. The van der Waals surface area contributed by atoms with Gasteiger partial charge < -0.3 is 10.1 Å². The predicted octanol–water partition coefficient (Wildman–Crippen LogP) is 3.47. The van der Waals surface area contributed by atoms with Crippen molar-refractivity contribution in [2.75, 3.05) is 5.75 Å². The summed E-state index contributed by atoms with van der Waals surface area (Å²) in [6, 6.07) is 15.1. The maximum atomic E-state index is 11.1. The maximum Gasteiger partial charge on any atom is 0.236 e. The van der Waals surface area contributed by atoms with Crippen molar-refractivity contribution < 1.29 is 9.53 Å². The number of ether oxygens (including phenoxy) is 1. The fraction of sp³-hybridized carbons (Fsp3) is 0.118. The largest absolute Gasteiger partial charge is 0.489 e. The summed E-state index contributed by atoms with van der Waals surface area (Å²) < 4.78 is 5.76. The first-order valence-electron chi connectivity index (χ1n) is 7.21. The number of hydrogen-bond acceptors (Lipinski definition) is 5. The smallest absolute Gasteiger partial charge is 0.236 e. The average Bonchev–Trinajstić information content (AvgIpc) is 3.00. The summed E-state index contributed by atoms with van der Waals surface area (Å²) in [6.07, 6.45) is 1.61. The summed E-state index contributed by atoms with van der Waals surface area (Å²) in [6.45, 7) is 0.394. The molecule has 0 radical (unpaired) electrons. The maximum absolute atomic E-state index is 11.1. The molecule has 1 N–H and O–H groups in total. The second-order valence-electron chi connectivity index (χ2n) is 4.94. The number of amides is 1. The minimum atomic E-state index is -0.0519. The molecule has 122 valence electrons. The van der Waals surface area contributed by atoms with Gasteiger partial charge in [0.05, 0.1) is 12.0 Å². The van der Waals surface area contributed by atoms with Gasteiger partial charge >= 0.3 is 0 Å². The molecule has 0 bridgehead atoms. The van der Waals surface area contributed by atoms with Crippen LogP contribution in [0.25, 0.3) is 0 Å². The van der Waals surface area contributed by atoms with Crippen molar-refractivity contribution in [3.63, 3.8) is 0 Å². The summed E-state index contributed by atoms with van der Waals surface area (Å²) in [4.78, 5) is 11.1. The summed E-state index contributed by atoms with van der Waals surface area (Å²) >= 11 is 7.45. The number of benzene rings is 2. The van der Waals surface area contributed by atoms with Gasteiger partial charge in [0.1, 0.15) is 12.4 Å². The van der Waals surface area contributed by atoms with Gasteiger partial charge in [-0.05, 0) is 23.8 Å². The van der Waals surface area contributed by atoms with Gasteiger partial charge in [0.2, 0.25) is 5.91 Å². The average molecular weight is 360 g/mol. The van der Waals surface area contributed by atoms with Crippen LogP contribution in [0.15, 0.2) is 58.7 Å². The van der Waals surface area contributed by atoms with Crippen LogP contribution in [-0.2, 0) is 11.4 Å². The van der Waals surface area contributed by atoms with Crippen molar-refractivity contribution in [3.05, 3.63) is 64.7 Å². The lowest BCUT2D eigenvalue weighted by atomic mass is 10.2. The highest BCUT2D eigenvalue weighted by atomic mass is 35.5. The Hall–Kier alpha value is -2.31. The van der Waals surface area contributed by atoms with Crippen LogP contribution in [0.4, 0.5) is 0 Å². The number of nitrogens with zero attached hydrogens (tertiary/aromatic N) is 2. The third kappa shape index (κ3) is 4.59. The van der Waals surface area contributed by atoms with Gasteiger partial charge in [-0.25, -0.2) is 0 Å². The molecule has 1 amide bonds. The standard InChI is InChI=1S/C17H14ClN3O2S/c18-15-7-2-1-5-13(15)10-23-14-6-3-4-12(8-14)9-19-21-17-20-16(22)11-24-17/h1-9H,10-11H2,(H,20,21,22)/b19-9-. The Kier molecular flexibility index (Phi) is 5.51. The lowest BCUT2D eigenvalue weighted by Gasteiger charge is -2.08. The molecular weight excluding hydrogens is 346 g/mol. The van der Waals surface area contributed by atoms with E-state index in [4.69, 9.17) is 16.3 Å². The van der Waals surface area contributed by atoms with Crippen molar-refractivity contribution in [2.24, 2.45) is 10.2 Å². The Bertz CT molecular complexity index is 808. The van der Waals surface area contributed by atoms with Crippen LogP contribution in [0.3, 0.4) is 0 Å². The van der Waals surface area contributed by atoms with Crippen LogP contribution >= 0.6 is 23.4 Å². The lowest BCUT2D eigenvalue weighted by molar-refractivity contribution is -0.116. The Morgan fingerprint density at radius 3 is 2.92 bits per heavy atom. The molecule has 3 rings (SSSR count). The molecule has 0 saturated carbocycles. The van der Waals surface area contributed by atoms with Crippen LogP contribution in [0.2, 0.25) is 5.02 Å². The third-order valence-corrected chi connectivity index (χ3v) is 4.38. The summed E-state index contributed by atoms with van der Waals surface area (Å²) in [7, 11) is 0. The van der Waals surface area contributed by atoms with Gasteiger partial charge in [-0.1, -0.05) is 53.7 Å². The first kappa shape index (κ1) is 16.5. The minimum absolute atomic E-state index is 0.0519. The molecule has 24 heavy (non-hydrogen) atoms. The van der Waals surface area contributed by atoms with E-state index in [0.717, 1.165) is 16.9 Å². The molecule has 1 aliphatic rings. The third-order valence-electron chi connectivity index (χ3n) is 3.15. The lowest BCUT2D eigenvalue weighted by Crippen LogP contribution is -2.19. The van der Waals surface area contributed by atoms with Crippen molar-refractivity contribution in [3.8, 4) is 5.75 Å².